The molecule has 1 aliphatic rings. The molecule has 5 heteroatoms. The van der Waals surface area contributed by atoms with Crippen molar-refractivity contribution >= 4 is 35.6 Å². The molecule has 102 valence electrons. The van der Waals surface area contributed by atoms with Crippen molar-refractivity contribution < 1.29 is 0 Å². The van der Waals surface area contributed by atoms with E-state index in [9.17, 15) is 0 Å². The molecule has 1 fully saturated rings. The van der Waals surface area contributed by atoms with Crippen molar-refractivity contribution in [1.82, 2.24) is 4.90 Å². The predicted molar refractivity (Wildman–Crippen MR) is 80.8 cm³/mol. The van der Waals surface area contributed by atoms with Gasteiger partial charge in [0.2, 0.25) is 0 Å². The van der Waals surface area contributed by atoms with Crippen molar-refractivity contribution in [3.63, 3.8) is 0 Å². The summed E-state index contributed by atoms with van der Waals surface area (Å²) in [6.45, 7) is 5.96. The lowest BCUT2D eigenvalue weighted by Crippen LogP contribution is -2.31. The van der Waals surface area contributed by atoms with E-state index in [-0.39, 0.29) is 17.8 Å². The average Bonchev–Trinajstić information content (AvgIpc) is 2.68. The van der Waals surface area contributed by atoms with E-state index in [1.54, 1.807) is 0 Å². The van der Waals surface area contributed by atoms with Crippen LogP contribution in [0.3, 0.4) is 0 Å². The monoisotopic (exact) mass is 308 g/mol. The van der Waals surface area contributed by atoms with E-state index in [0.29, 0.717) is 10.0 Å². The second-order valence-electron chi connectivity index (χ2n) is 5.19. The van der Waals surface area contributed by atoms with Crippen LogP contribution in [-0.4, -0.2) is 24.5 Å². The van der Waals surface area contributed by atoms with Gasteiger partial charge in [-0.1, -0.05) is 42.3 Å². The summed E-state index contributed by atoms with van der Waals surface area (Å²) in [5, 5.41) is 1.31. The number of halogens is 3. The van der Waals surface area contributed by atoms with E-state index >= 15 is 0 Å². The van der Waals surface area contributed by atoms with E-state index in [1.165, 1.54) is 0 Å². The van der Waals surface area contributed by atoms with Gasteiger partial charge in [-0.15, -0.1) is 12.4 Å². The van der Waals surface area contributed by atoms with Gasteiger partial charge in [-0.25, -0.2) is 0 Å². The van der Waals surface area contributed by atoms with Crippen LogP contribution < -0.4 is 5.73 Å². The second-order valence-corrected chi connectivity index (χ2v) is 5.97. The lowest BCUT2D eigenvalue weighted by molar-refractivity contribution is 0.274. The first kappa shape index (κ1) is 16.1. The van der Waals surface area contributed by atoms with Gasteiger partial charge in [-0.05, 0) is 36.6 Å². The Labute approximate surface area is 125 Å². The highest BCUT2D eigenvalue weighted by Gasteiger charge is 2.32. The van der Waals surface area contributed by atoms with Crippen LogP contribution >= 0.6 is 35.6 Å². The van der Waals surface area contributed by atoms with Gasteiger partial charge in [0, 0.05) is 13.1 Å². The van der Waals surface area contributed by atoms with Crippen LogP contribution in [0.25, 0.3) is 0 Å². The maximum atomic E-state index is 6.19. The van der Waals surface area contributed by atoms with Gasteiger partial charge < -0.3 is 5.73 Å². The highest BCUT2D eigenvalue weighted by atomic mass is 35.5. The molecule has 0 saturated carbocycles. The summed E-state index contributed by atoms with van der Waals surface area (Å²) in [5.74, 6) is 0. The fourth-order valence-corrected chi connectivity index (χ4v) is 2.72. The highest BCUT2D eigenvalue weighted by Crippen LogP contribution is 2.32. The molecule has 0 amide bonds. The molecule has 0 spiro atoms. The van der Waals surface area contributed by atoms with Gasteiger partial charge in [0.15, 0.2) is 0 Å². The molecule has 1 aromatic rings. The van der Waals surface area contributed by atoms with E-state index < -0.39 is 0 Å². The van der Waals surface area contributed by atoms with Gasteiger partial charge in [-0.3, -0.25) is 4.90 Å². The SMILES string of the molecule is CC1(CN)CCN(Cc2cccc(Cl)c2Cl)C1.Cl. The molecule has 2 nitrogen and oxygen atoms in total. The summed E-state index contributed by atoms with van der Waals surface area (Å²) < 4.78 is 0. The molecule has 0 aliphatic carbocycles. The van der Waals surface area contributed by atoms with Crippen LogP contribution in [0.2, 0.25) is 10.0 Å². The summed E-state index contributed by atoms with van der Waals surface area (Å²) in [7, 11) is 0. The molecule has 1 heterocycles. The smallest absolute Gasteiger partial charge is 0.0637 e. The first-order chi connectivity index (χ1) is 8.04. The number of benzene rings is 1. The van der Waals surface area contributed by atoms with E-state index in [1.807, 2.05) is 18.2 Å². The minimum Gasteiger partial charge on any atom is -0.330 e. The van der Waals surface area contributed by atoms with Crippen molar-refractivity contribution in [2.75, 3.05) is 19.6 Å². The maximum absolute atomic E-state index is 6.19. The number of rotatable bonds is 3. The van der Waals surface area contributed by atoms with Gasteiger partial charge in [0.05, 0.1) is 10.0 Å². The Balaban J connectivity index is 0.00000162. The van der Waals surface area contributed by atoms with Crippen LogP contribution in [0.5, 0.6) is 0 Å². The molecule has 18 heavy (non-hydrogen) atoms. The van der Waals surface area contributed by atoms with Crippen molar-refractivity contribution in [3.05, 3.63) is 33.8 Å². The molecule has 1 unspecified atom stereocenters. The summed E-state index contributed by atoms with van der Waals surface area (Å²) in [6, 6.07) is 5.80. The summed E-state index contributed by atoms with van der Waals surface area (Å²) in [4.78, 5) is 2.39. The summed E-state index contributed by atoms with van der Waals surface area (Å²) in [6.07, 6.45) is 1.15. The lowest BCUT2D eigenvalue weighted by atomic mass is 9.90. The zero-order valence-electron chi connectivity index (χ0n) is 10.5. The van der Waals surface area contributed by atoms with Crippen molar-refractivity contribution in [3.8, 4) is 0 Å². The molecule has 1 atom stereocenters. The zero-order chi connectivity index (χ0) is 12.5. The maximum Gasteiger partial charge on any atom is 0.0637 e. The molecule has 1 aromatic carbocycles. The van der Waals surface area contributed by atoms with Crippen molar-refractivity contribution in [2.24, 2.45) is 11.1 Å². The van der Waals surface area contributed by atoms with Gasteiger partial charge in [-0.2, -0.15) is 0 Å². The Bertz CT molecular complexity index is 411. The molecule has 1 saturated heterocycles. The Morgan fingerprint density at radius 3 is 2.72 bits per heavy atom. The second kappa shape index (κ2) is 6.44. The zero-order valence-corrected chi connectivity index (χ0v) is 12.8. The average molecular weight is 310 g/mol. The molecule has 0 aromatic heterocycles. The minimum atomic E-state index is 0. The third-order valence-electron chi connectivity index (χ3n) is 3.56. The predicted octanol–water partition coefficient (Wildman–Crippen LogP) is 3.59. The number of hydrogen-bond donors (Lipinski definition) is 1. The van der Waals surface area contributed by atoms with Gasteiger partial charge in [0.1, 0.15) is 0 Å². The topological polar surface area (TPSA) is 29.3 Å². The molecule has 0 bridgehead atoms. The first-order valence-corrected chi connectivity index (χ1v) is 6.65. The number of hydrogen-bond acceptors (Lipinski definition) is 2. The lowest BCUT2D eigenvalue weighted by Gasteiger charge is -2.23. The van der Waals surface area contributed by atoms with Crippen LogP contribution in [0.1, 0.15) is 18.9 Å². The quantitative estimate of drug-likeness (QED) is 0.924. The first-order valence-electron chi connectivity index (χ1n) is 5.89. The minimum absolute atomic E-state index is 0. The van der Waals surface area contributed by atoms with Crippen LogP contribution in [0, 0.1) is 5.41 Å². The van der Waals surface area contributed by atoms with Crippen molar-refractivity contribution in [1.29, 1.82) is 0 Å². The molecular weight excluding hydrogens is 291 g/mol. The molecule has 2 rings (SSSR count). The van der Waals surface area contributed by atoms with Crippen LogP contribution in [0.4, 0.5) is 0 Å². The Morgan fingerprint density at radius 1 is 1.39 bits per heavy atom. The fourth-order valence-electron chi connectivity index (χ4n) is 2.34. The number of nitrogens with zero attached hydrogens (tertiary/aromatic N) is 1. The Kier molecular flexibility index (Phi) is 5.75. The summed E-state index contributed by atoms with van der Waals surface area (Å²) in [5.41, 5.74) is 7.16. The third kappa shape index (κ3) is 3.52. The summed E-state index contributed by atoms with van der Waals surface area (Å²) >= 11 is 12.2. The highest BCUT2D eigenvalue weighted by molar-refractivity contribution is 6.42. The van der Waals surface area contributed by atoms with Crippen LogP contribution in [0.15, 0.2) is 18.2 Å². The molecule has 2 N–H and O–H groups in total. The van der Waals surface area contributed by atoms with Gasteiger partial charge in [0.25, 0.3) is 0 Å². The van der Waals surface area contributed by atoms with Crippen molar-refractivity contribution in [2.45, 2.75) is 19.9 Å². The largest absolute Gasteiger partial charge is 0.330 e. The Morgan fingerprint density at radius 2 is 2.11 bits per heavy atom. The molecule has 0 radical (unpaired) electrons. The van der Waals surface area contributed by atoms with Gasteiger partial charge >= 0.3 is 0 Å². The van der Waals surface area contributed by atoms with E-state index in [2.05, 4.69) is 11.8 Å². The normalized spacial score (nSPS) is 24.0. The molecule has 1 aliphatic heterocycles. The van der Waals surface area contributed by atoms with Crippen LogP contribution in [-0.2, 0) is 6.54 Å². The third-order valence-corrected chi connectivity index (χ3v) is 4.41. The van der Waals surface area contributed by atoms with E-state index in [0.717, 1.165) is 38.2 Å². The van der Waals surface area contributed by atoms with E-state index in [4.69, 9.17) is 28.9 Å². The number of nitrogens with two attached hydrogens (primary N) is 1. The Hall–Kier alpha value is 0.01000. The standard InChI is InChI=1S/C13H18Cl2N2.ClH/c1-13(8-16)5-6-17(9-13)7-10-3-2-4-11(14)12(10)15;/h2-4H,5-9,16H2,1H3;1H. The molecular formula is C13H19Cl3N2. The fraction of sp³-hybridized carbons (Fsp3) is 0.538. The number of likely N-dealkylation sites (tertiary alicyclic amines) is 1.